The van der Waals surface area contributed by atoms with Crippen molar-refractivity contribution in [3.8, 4) is 5.75 Å². The van der Waals surface area contributed by atoms with E-state index in [-0.39, 0.29) is 5.91 Å². The van der Waals surface area contributed by atoms with Gasteiger partial charge in [-0.2, -0.15) is 0 Å². The van der Waals surface area contributed by atoms with Crippen LogP contribution in [-0.2, 0) is 11.3 Å². The summed E-state index contributed by atoms with van der Waals surface area (Å²) in [4.78, 5) is 13.8. The zero-order chi connectivity index (χ0) is 15.8. The van der Waals surface area contributed by atoms with Gasteiger partial charge in [0, 0.05) is 32.2 Å². The molecule has 2 rings (SSSR count). The third-order valence-electron chi connectivity index (χ3n) is 3.52. The molecule has 1 N–H and O–H groups in total. The fourth-order valence-electron chi connectivity index (χ4n) is 2.13. The lowest BCUT2D eigenvalue weighted by atomic mass is 10.2. The summed E-state index contributed by atoms with van der Waals surface area (Å²) in [6.07, 6.45) is 0.474. The number of benzene rings is 2. The van der Waals surface area contributed by atoms with Crippen molar-refractivity contribution in [2.75, 3.05) is 25.6 Å². The molecule has 4 nitrogen and oxygen atoms in total. The first-order valence-corrected chi connectivity index (χ1v) is 7.36. The molecule has 0 aliphatic heterocycles. The molecule has 0 radical (unpaired) electrons. The molecule has 0 fully saturated rings. The van der Waals surface area contributed by atoms with Crippen LogP contribution >= 0.6 is 0 Å². The first kappa shape index (κ1) is 16.0. The zero-order valence-corrected chi connectivity index (χ0v) is 13.1. The molecule has 0 heterocycles. The Hall–Kier alpha value is -2.33. The van der Waals surface area contributed by atoms with Gasteiger partial charge < -0.3 is 15.0 Å². The van der Waals surface area contributed by atoms with Crippen LogP contribution in [0, 0.1) is 0 Å². The Morgan fingerprint density at radius 3 is 2.41 bits per heavy atom. The predicted octanol–water partition coefficient (Wildman–Crippen LogP) is 2.84. The standard InChI is InChI=1S/C18H22N2O2/c1-20(16-6-4-3-5-7-16)18(21)12-13-19-14-15-8-10-17(22-2)11-9-15/h3-11,19H,12-14H2,1-2H3. The van der Waals surface area contributed by atoms with Gasteiger partial charge in [-0.1, -0.05) is 30.3 Å². The number of methoxy groups -OCH3 is 1. The topological polar surface area (TPSA) is 41.6 Å². The maximum Gasteiger partial charge on any atom is 0.227 e. The van der Waals surface area contributed by atoms with Gasteiger partial charge in [0.05, 0.1) is 7.11 Å². The van der Waals surface area contributed by atoms with E-state index in [1.165, 1.54) is 5.56 Å². The van der Waals surface area contributed by atoms with Crippen molar-refractivity contribution in [2.45, 2.75) is 13.0 Å². The number of para-hydroxylation sites is 1. The fraction of sp³-hybridized carbons (Fsp3) is 0.278. The molecule has 0 spiro atoms. The van der Waals surface area contributed by atoms with Crippen LogP contribution in [0.15, 0.2) is 54.6 Å². The second-order valence-corrected chi connectivity index (χ2v) is 5.06. The van der Waals surface area contributed by atoms with Crippen molar-refractivity contribution < 1.29 is 9.53 Å². The summed E-state index contributed by atoms with van der Waals surface area (Å²) < 4.78 is 5.12. The number of rotatable bonds is 7. The summed E-state index contributed by atoms with van der Waals surface area (Å²) in [6.45, 7) is 1.40. The third kappa shape index (κ3) is 4.60. The Morgan fingerprint density at radius 2 is 1.77 bits per heavy atom. The highest BCUT2D eigenvalue weighted by Crippen LogP contribution is 2.12. The Balaban J connectivity index is 1.72. The van der Waals surface area contributed by atoms with E-state index in [1.54, 1.807) is 19.1 Å². The Bertz CT molecular complexity index is 582. The average Bonchev–Trinajstić information content (AvgIpc) is 2.59. The summed E-state index contributed by atoms with van der Waals surface area (Å²) in [5.74, 6) is 0.955. The monoisotopic (exact) mass is 298 g/mol. The Labute approximate surface area is 131 Å². The van der Waals surface area contributed by atoms with Crippen LogP contribution in [0.4, 0.5) is 5.69 Å². The summed E-state index contributed by atoms with van der Waals surface area (Å²) in [5, 5.41) is 3.29. The van der Waals surface area contributed by atoms with Gasteiger partial charge in [-0.15, -0.1) is 0 Å². The number of nitrogens with zero attached hydrogens (tertiary/aromatic N) is 1. The molecule has 116 valence electrons. The van der Waals surface area contributed by atoms with Crippen LogP contribution in [-0.4, -0.2) is 26.6 Å². The number of carbonyl (C=O) groups is 1. The van der Waals surface area contributed by atoms with Gasteiger partial charge in [0.25, 0.3) is 0 Å². The highest BCUT2D eigenvalue weighted by Gasteiger charge is 2.09. The van der Waals surface area contributed by atoms with E-state index in [1.807, 2.05) is 54.6 Å². The van der Waals surface area contributed by atoms with E-state index in [0.717, 1.165) is 18.0 Å². The van der Waals surface area contributed by atoms with Gasteiger partial charge in [-0.25, -0.2) is 0 Å². The Kier molecular flexibility index (Phi) is 5.98. The SMILES string of the molecule is COc1ccc(CNCCC(=O)N(C)c2ccccc2)cc1. The normalized spacial score (nSPS) is 10.3. The minimum Gasteiger partial charge on any atom is -0.497 e. The summed E-state index contributed by atoms with van der Waals surface area (Å²) in [6, 6.07) is 17.6. The molecule has 0 aliphatic carbocycles. The van der Waals surface area contributed by atoms with Gasteiger partial charge >= 0.3 is 0 Å². The molecule has 2 aromatic carbocycles. The lowest BCUT2D eigenvalue weighted by Gasteiger charge is -2.17. The van der Waals surface area contributed by atoms with E-state index in [9.17, 15) is 4.79 Å². The molecule has 0 saturated carbocycles. The molecule has 1 amide bonds. The smallest absolute Gasteiger partial charge is 0.227 e. The molecule has 4 heteroatoms. The first-order valence-electron chi connectivity index (χ1n) is 7.36. The van der Waals surface area contributed by atoms with Crippen molar-refractivity contribution in [2.24, 2.45) is 0 Å². The maximum atomic E-state index is 12.1. The molecule has 0 aromatic heterocycles. The van der Waals surface area contributed by atoms with Crippen LogP contribution in [0.1, 0.15) is 12.0 Å². The molecular weight excluding hydrogens is 276 g/mol. The van der Waals surface area contributed by atoms with E-state index in [0.29, 0.717) is 13.0 Å². The van der Waals surface area contributed by atoms with E-state index >= 15 is 0 Å². The minimum absolute atomic E-state index is 0.105. The molecule has 0 aliphatic rings. The number of hydrogen-bond acceptors (Lipinski definition) is 3. The van der Waals surface area contributed by atoms with Crippen LogP contribution in [0.2, 0.25) is 0 Å². The molecule has 0 atom stereocenters. The number of carbonyl (C=O) groups excluding carboxylic acids is 1. The lowest BCUT2D eigenvalue weighted by Crippen LogP contribution is -2.29. The van der Waals surface area contributed by atoms with Crippen molar-refractivity contribution in [3.63, 3.8) is 0 Å². The zero-order valence-electron chi connectivity index (χ0n) is 13.1. The Morgan fingerprint density at radius 1 is 1.09 bits per heavy atom. The number of anilines is 1. The van der Waals surface area contributed by atoms with Crippen LogP contribution in [0.3, 0.4) is 0 Å². The van der Waals surface area contributed by atoms with Gasteiger partial charge in [0.2, 0.25) is 5.91 Å². The summed E-state index contributed by atoms with van der Waals surface area (Å²) in [5.41, 5.74) is 2.09. The molecule has 22 heavy (non-hydrogen) atoms. The number of hydrogen-bond donors (Lipinski definition) is 1. The van der Waals surface area contributed by atoms with E-state index in [2.05, 4.69) is 5.32 Å². The summed E-state index contributed by atoms with van der Waals surface area (Å²) in [7, 11) is 3.46. The van der Waals surface area contributed by atoms with Crippen molar-refractivity contribution in [3.05, 3.63) is 60.2 Å². The largest absolute Gasteiger partial charge is 0.497 e. The van der Waals surface area contributed by atoms with Crippen LogP contribution in [0.5, 0.6) is 5.75 Å². The van der Waals surface area contributed by atoms with Crippen LogP contribution < -0.4 is 15.0 Å². The minimum atomic E-state index is 0.105. The van der Waals surface area contributed by atoms with Crippen molar-refractivity contribution >= 4 is 11.6 Å². The molecule has 0 unspecified atom stereocenters. The number of amides is 1. The average molecular weight is 298 g/mol. The highest BCUT2D eigenvalue weighted by molar-refractivity contribution is 5.92. The van der Waals surface area contributed by atoms with Gasteiger partial charge in [-0.3, -0.25) is 4.79 Å². The quantitative estimate of drug-likeness (QED) is 0.799. The highest BCUT2D eigenvalue weighted by atomic mass is 16.5. The number of nitrogens with one attached hydrogen (secondary N) is 1. The fourth-order valence-corrected chi connectivity index (χ4v) is 2.13. The number of ether oxygens (including phenoxy) is 1. The van der Waals surface area contributed by atoms with Crippen LogP contribution in [0.25, 0.3) is 0 Å². The second-order valence-electron chi connectivity index (χ2n) is 5.06. The van der Waals surface area contributed by atoms with E-state index in [4.69, 9.17) is 4.74 Å². The van der Waals surface area contributed by atoms with Gasteiger partial charge in [-0.05, 0) is 29.8 Å². The second kappa shape index (κ2) is 8.20. The maximum absolute atomic E-state index is 12.1. The third-order valence-corrected chi connectivity index (χ3v) is 3.52. The predicted molar refractivity (Wildman–Crippen MR) is 89.2 cm³/mol. The first-order chi connectivity index (χ1) is 10.7. The molecular formula is C18H22N2O2. The van der Waals surface area contributed by atoms with E-state index < -0.39 is 0 Å². The summed E-state index contributed by atoms with van der Waals surface area (Å²) >= 11 is 0. The molecule has 0 bridgehead atoms. The van der Waals surface area contributed by atoms with Crippen molar-refractivity contribution in [1.82, 2.24) is 5.32 Å². The van der Waals surface area contributed by atoms with Crippen molar-refractivity contribution in [1.29, 1.82) is 0 Å². The van der Waals surface area contributed by atoms with Gasteiger partial charge in [0.1, 0.15) is 5.75 Å². The van der Waals surface area contributed by atoms with Gasteiger partial charge in [0.15, 0.2) is 0 Å². The molecule has 2 aromatic rings. The lowest BCUT2D eigenvalue weighted by molar-refractivity contribution is -0.118. The molecule has 0 saturated heterocycles.